The van der Waals surface area contributed by atoms with E-state index in [0.717, 1.165) is 43.5 Å². The Morgan fingerprint density at radius 1 is 1.35 bits per heavy atom. The largest absolute Gasteiger partial charge is 0.496 e. The predicted octanol–water partition coefficient (Wildman–Crippen LogP) is 2.68. The molecule has 0 bridgehead atoms. The minimum Gasteiger partial charge on any atom is -0.496 e. The highest BCUT2D eigenvalue weighted by molar-refractivity contribution is 5.37. The first kappa shape index (κ1) is 12.4. The van der Waals surface area contributed by atoms with Gasteiger partial charge in [-0.15, -0.1) is 0 Å². The first-order valence-corrected chi connectivity index (χ1v) is 6.24. The Labute approximate surface area is 102 Å². The summed E-state index contributed by atoms with van der Waals surface area (Å²) < 4.78 is 19.0. The zero-order valence-electron chi connectivity index (χ0n) is 10.6. The van der Waals surface area contributed by atoms with Gasteiger partial charge in [-0.3, -0.25) is 0 Å². The molecule has 0 atom stereocenters. The average Bonchev–Trinajstić information content (AvgIpc) is 2.34. The molecule has 0 unspecified atom stereocenters. The van der Waals surface area contributed by atoms with Gasteiger partial charge < -0.3 is 10.1 Å². The molecule has 1 aromatic rings. The molecule has 0 saturated carbocycles. The SMILES string of the molecule is COc1cc(F)c(CC2CCNCC2)cc1C. The Kier molecular flexibility index (Phi) is 4.00. The van der Waals surface area contributed by atoms with Crippen LogP contribution in [0.25, 0.3) is 0 Å². The van der Waals surface area contributed by atoms with Crippen LogP contribution in [-0.4, -0.2) is 20.2 Å². The normalized spacial score (nSPS) is 17.1. The molecule has 2 nitrogen and oxygen atoms in total. The summed E-state index contributed by atoms with van der Waals surface area (Å²) in [6.45, 7) is 4.08. The fraction of sp³-hybridized carbons (Fsp3) is 0.571. The maximum absolute atomic E-state index is 13.9. The van der Waals surface area contributed by atoms with Crippen molar-refractivity contribution < 1.29 is 9.13 Å². The molecule has 0 aromatic heterocycles. The first-order valence-electron chi connectivity index (χ1n) is 6.24. The third-order valence-corrected chi connectivity index (χ3v) is 3.53. The predicted molar refractivity (Wildman–Crippen MR) is 67.0 cm³/mol. The van der Waals surface area contributed by atoms with Gasteiger partial charge in [0, 0.05) is 6.07 Å². The highest BCUT2D eigenvalue weighted by atomic mass is 19.1. The first-order chi connectivity index (χ1) is 8.20. The number of methoxy groups -OCH3 is 1. The molecule has 0 amide bonds. The number of hydrogen-bond donors (Lipinski definition) is 1. The van der Waals surface area contributed by atoms with E-state index in [2.05, 4.69) is 5.32 Å². The Hall–Kier alpha value is -1.09. The number of hydrogen-bond acceptors (Lipinski definition) is 2. The van der Waals surface area contributed by atoms with Crippen LogP contribution in [0.4, 0.5) is 4.39 Å². The van der Waals surface area contributed by atoms with Gasteiger partial charge in [0.25, 0.3) is 0 Å². The van der Waals surface area contributed by atoms with Gasteiger partial charge in [-0.1, -0.05) is 0 Å². The van der Waals surface area contributed by atoms with Crippen LogP contribution in [0.1, 0.15) is 24.0 Å². The summed E-state index contributed by atoms with van der Waals surface area (Å²) in [6, 6.07) is 3.43. The van der Waals surface area contributed by atoms with Gasteiger partial charge in [-0.05, 0) is 62.4 Å². The number of benzene rings is 1. The van der Waals surface area contributed by atoms with Crippen molar-refractivity contribution in [3.05, 3.63) is 29.1 Å². The molecule has 1 aliphatic rings. The van der Waals surface area contributed by atoms with E-state index >= 15 is 0 Å². The van der Waals surface area contributed by atoms with Crippen molar-refractivity contribution in [2.45, 2.75) is 26.2 Å². The highest BCUT2D eigenvalue weighted by Crippen LogP contribution is 2.25. The summed E-state index contributed by atoms with van der Waals surface area (Å²) in [5, 5.41) is 3.33. The molecule has 1 aliphatic heterocycles. The van der Waals surface area contributed by atoms with Gasteiger partial charge in [0.1, 0.15) is 11.6 Å². The van der Waals surface area contributed by atoms with Gasteiger partial charge >= 0.3 is 0 Å². The molecule has 0 radical (unpaired) electrons. The standard InChI is InChI=1S/C14H20FNO/c1-10-7-12(13(15)9-14(10)17-2)8-11-3-5-16-6-4-11/h7,9,11,16H,3-6,8H2,1-2H3. The van der Waals surface area contributed by atoms with Crippen LogP contribution in [0.3, 0.4) is 0 Å². The van der Waals surface area contributed by atoms with Crippen molar-refractivity contribution in [3.8, 4) is 5.75 Å². The van der Waals surface area contributed by atoms with Crippen LogP contribution >= 0.6 is 0 Å². The fourth-order valence-corrected chi connectivity index (χ4v) is 2.50. The second kappa shape index (κ2) is 5.50. The van der Waals surface area contributed by atoms with Crippen molar-refractivity contribution in [1.82, 2.24) is 5.32 Å². The zero-order chi connectivity index (χ0) is 12.3. The van der Waals surface area contributed by atoms with E-state index in [1.807, 2.05) is 13.0 Å². The van der Waals surface area contributed by atoms with Gasteiger partial charge in [0.05, 0.1) is 7.11 Å². The van der Waals surface area contributed by atoms with E-state index in [-0.39, 0.29) is 5.82 Å². The minimum absolute atomic E-state index is 0.133. The summed E-state index contributed by atoms with van der Waals surface area (Å²) in [6.07, 6.45) is 3.13. The van der Waals surface area contributed by atoms with Crippen molar-refractivity contribution in [1.29, 1.82) is 0 Å². The molecular formula is C14H20FNO. The molecule has 1 N–H and O–H groups in total. The van der Waals surface area contributed by atoms with Crippen molar-refractivity contribution in [3.63, 3.8) is 0 Å². The Morgan fingerprint density at radius 3 is 2.71 bits per heavy atom. The lowest BCUT2D eigenvalue weighted by atomic mass is 9.90. The molecule has 17 heavy (non-hydrogen) atoms. The van der Waals surface area contributed by atoms with Gasteiger partial charge in [0.2, 0.25) is 0 Å². The minimum atomic E-state index is -0.133. The number of halogens is 1. The number of piperidine rings is 1. The van der Waals surface area contributed by atoms with E-state index < -0.39 is 0 Å². The summed E-state index contributed by atoms with van der Waals surface area (Å²) in [4.78, 5) is 0. The van der Waals surface area contributed by atoms with Crippen molar-refractivity contribution in [2.75, 3.05) is 20.2 Å². The highest BCUT2D eigenvalue weighted by Gasteiger charge is 2.16. The molecule has 94 valence electrons. The zero-order valence-corrected chi connectivity index (χ0v) is 10.6. The lowest BCUT2D eigenvalue weighted by Gasteiger charge is -2.23. The Balaban J connectivity index is 2.12. The van der Waals surface area contributed by atoms with Crippen LogP contribution in [0, 0.1) is 18.7 Å². The molecule has 1 heterocycles. The van der Waals surface area contributed by atoms with E-state index in [4.69, 9.17) is 4.74 Å². The summed E-state index contributed by atoms with van der Waals surface area (Å²) in [5.74, 6) is 1.11. The van der Waals surface area contributed by atoms with E-state index in [1.165, 1.54) is 6.07 Å². The molecule has 0 aliphatic carbocycles. The van der Waals surface area contributed by atoms with Crippen LogP contribution < -0.4 is 10.1 Å². The quantitative estimate of drug-likeness (QED) is 0.872. The van der Waals surface area contributed by atoms with Gasteiger partial charge in [0.15, 0.2) is 0 Å². The van der Waals surface area contributed by atoms with Gasteiger partial charge in [-0.25, -0.2) is 4.39 Å². The molecule has 3 heteroatoms. The lowest BCUT2D eigenvalue weighted by molar-refractivity contribution is 0.367. The van der Waals surface area contributed by atoms with Crippen LogP contribution in [0.15, 0.2) is 12.1 Å². The average molecular weight is 237 g/mol. The third-order valence-electron chi connectivity index (χ3n) is 3.53. The fourth-order valence-electron chi connectivity index (χ4n) is 2.50. The van der Waals surface area contributed by atoms with Crippen LogP contribution in [0.5, 0.6) is 5.75 Å². The van der Waals surface area contributed by atoms with Crippen LogP contribution in [0.2, 0.25) is 0 Å². The third kappa shape index (κ3) is 2.97. The maximum atomic E-state index is 13.9. The number of rotatable bonds is 3. The lowest BCUT2D eigenvalue weighted by Crippen LogP contribution is -2.28. The number of ether oxygens (including phenoxy) is 1. The Bertz CT molecular complexity index is 386. The van der Waals surface area contributed by atoms with E-state index in [1.54, 1.807) is 7.11 Å². The topological polar surface area (TPSA) is 21.3 Å². The maximum Gasteiger partial charge on any atom is 0.130 e. The van der Waals surface area contributed by atoms with Crippen molar-refractivity contribution in [2.24, 2.45) is 5.92 Å². The van der Waals surface area contributed by atoms with E-state index in [0.29, 0.717) is 11.7 Å². The molecule has 1 aromatic carbocycles. The molecule has 0 spiro atoms. The molecule has 1 fully saturated rings. The van der Waals surface area contributed by atoms with Gasteiger partial charge in [-0.2, -0.15) is 0 Å². The van der Waals surface area contributed by atoms with E-state index in [9.17, 15) is 4.39 Å². The Morgan fingerprint density at radius 2 is 2.06 bits per heavy atom. The second-order valence-electron chi connectivity index (χ2n) is 4.81. The molecule has 1 saturated heterocycles. The molecular weight excluding hydrogens is 217 g/mol. The second-order valence-corrected chi connectivity index (χ2v) is 4.81. The summed E-state index contributed by atoms with van der Waals surface area (Å²) in [7, 11) is 1.58. The smallest absolute Gasteiger partial charge is 0.130 e. The van der Waals surface area contributed by atoms with Crippen molar-refractivity contribution >= 4 is 0 Å². The van der Waals surface area contributed by atoms with Crippen LogP contribution in [-0.2, 0) is 6.42 Å². The molecule has 2 rings (SSSR count). The number of aryl methyl sites for hydroxylation is 1. The summed E-state index contributed by atoms with van der Waals surface area (Å²) >= 11 is 0. The number of nitrogens with one attached hydrogen (secondary N) is 1. The monoisotopic (exact) mass is 237 g/mol. The summed E-state index contributed by atoms with van der Waals surface area (Å²) in [5.41, 5.74) is 1.84.